The number of rotatable bonds is 3. The van der Waals surface area contributed by atoms with Crippen LogP contribution in [0.3, 0.4) is 0 Å². The summed E-state index contributed by atoms with van der Waals surface area (Å²) in [6, 6.07) is 5.34. The Kier molecular flexibility index (Phi) is 3.55. The first-order valence-electron chi connectivity index (χ1n) is 6.55. The zero-order chi connectivity index (χ0) is 16.6. The van der Waals surface area contributed by atoms with E-state index in [9.17, 15) is 18.0 Å². The molecule has 0 atom stereocenters. The standard InChI is InChI=1S/C14H11F3N4O2/c1-20-12-11(6-18-8-19-12)21(13(20)22)7-9-2-4-10(5-3-9)23-14(15,16)17/h2-6,8H,7H2,1H3. The second-order valence-corrected chi connectivity index (χ2v) is 4.85. The fraction of sp³-hybridized carbons (Fsp3) is 0.214. The highest BCUT2D eigenvalue weighted by Gasteiger charge is 2.30. The molecule has 23 heavy (non-hydrogen) atoms. The number of imidazole rings is 1. The SMILES string of the molecule is Cn1c(=O)n(Cc2ccc(OC(F)(F)F)cc2)c2cncnc21. The van der Waals surface area contributed by atoms with Crippen LogP contribution in [0.15, 0.2) is 41.6 Å². The van der Waals surface area contributed by atoms with Crippen LogP contribution in [-0.2, 0) is 13.6 Å². The van der Waals surface area contributed by atoms with Crippen molar-refractivity contribution in [3.63, 3.8) is 0 Å². The molecule has 0 saturated carbocycles. The summed E-state index contributed by atoms with van der Waals surface area (Å²) >= 11 is 0. The van der Waals surface area contributed by atoms with Crippen molar-refractivity contribution >= 4 is 11.2 Å². The number of benzene rings is 1. The van der Waals surface area contributed by atoms with Gasteiger partial charge in [0.2, 0.25) is 0 Å². The molecule has 2 heterocycles. The summed E-state index contributed by atoms with van der Waals surface area (Å²) in [7, 11) is 1.59. The molecule has 0 unspecified atom stereocenters. The normalized spacial score (nSPS) is 11.8. The van der Waals surface area contributed by atoms with Crippen LogP contribution >= 0.6 is 0 Å². The fourth-order valence-corrected chi connectivity index (χ4v) is 2.27. The van der Waals surface area contributed by atoms with Crippen molar-refractivity contribution in [2.45, 2.75) is 12.9 Å². The third-order valence-electron chi connectivity index (χ3n) is 3.30. The minimum absolute atomic E-state index is 0.190. The molecule has 3 rings (SSSR count). The molecule has 0 N–H and O–H groups in total. The predicted octanol–water partition coefficient (Wildman–Crippen LogP) is 2.08. The topological polar surface area (TPSA) is 61.9 Å². The lowest BCUT2D eigenvalue weighted by Crippen LogP contribution is -2.22. The Hall–Kier alpha value is -2.84. The largest absolute Gasteiger partial charge is 0.573 e. The van der Waals surface area contributed by atoms with Crippen LogP contribution in [0.4, 0.5) is 13.2 Å². The second-order valence-electron chi connectivity index (χ2n) is 4.85. The lowest BCUT2D eigenvalue weighted by atomic mass is 10.2. The van der Waals surface area contributed by atoms with Crippen LogP contribution in [-0.4, -0.2) is 25.5 Å². The molecular formula is C14H11F3N4O2. The number of ether oxygens (including phenoxy) is 1. The summed E-state index contributed by atoms with van der Waals surface area (Å²) in [6.07, 6.45) is -1.87. The first kappa shape index (κ1) is 15.1. The van der Waals surface area contributed by atoms with Crippen LogP contribution < -0.4 is 10.4 Å². The van der Waals surface area contributed by atoms with Crippen LogP contribution in [0, 0.1) is 0 Å². The van der Waals surface area contributed by atoms with Crippen LogP contribution in [0.5, 0.6) is 5.75 Å². The van der Waals surface area contributed by atoms with Gasteiger partial charge in [-0.05, 0) is 17.7 Å². The van der Waals surface area contributed by atoms with Gasteiger partial charge in [0.05, 0.1) is 12.7 Å². The smallest absolute Gasteiger partial charge is 0.406 e. The molecule has 0 fully saturated rings. The summed E-state index contributed by atoms with van der Waals surface area (Å²) in [5, 5.41) is 0. The van der Waals surface area contributed by atoms with E-state index >= 15 is 0 Å². The monoisotopic (exact) mass is 324 g/mol. The third kappa shape index (κ3) is 3.03. The first-order chi connectivity index (χ1) is 10.8. The number of aryl methyl sites for hydroxylation is 1. The molecule has 0 bridgehead atoms. The summed E-state index contributed by atoms with van der Waals surface area (Å²) < 4.78 is 43.1. The highest BCUT2D eigenvalue weighted by atomic mass is 19.4. The molecule has 0 aliphatic heterocycles. The van der Waals surface area contributed by atoms with Gasteiger partial charge in [-0.3, -0.25) is 9.13 Å². The van der Waals surface area contributed by atoms with Crippen LogP contribution in [0.1, 0.15) is 5.56 Å². The van der Waals surface area contributed by atoms with E-state index < -0.39 is 6.36 Å². The van der Waals surface area contributed by atoms with Crippen molar-refractivity contribution in [2.24, 2.45) is 7.05 Å². The molecule has 0 amide bonds. The Morgan fingerprint density at radius 1 is 1.22 bits per heavy atom. The molecule has 0 aliphatic rings. The van der Waals surface area contributed by atoms with Crippen molar-refractivity contribution in [2.75, 3.05) is 0 Å². The van der Waals surface area contributed by atoms with Gasteiger partial charge in [-0.25, -0.2) is 14.8 Å². The average molecular weight is 324 g/mol. The maximum Gasteiger partial charge on any atom is 0.573 e. The summed E-state index contributed by atoms with van der Waals surface area (Å²) in [5.74, 6) is -0.310. The van der Waals surface area contributed by atoms with Gasteiger partial charge in [-0.15, -0.1) is 13.2 Å². The zero-order valence-electron chi connectivity index (χ0n) is 11.9. The third-order valence-corrected chi connectivity index (χ3v) is 3.30. The van der Waals surface area contributed by atoms with Gasteiger partial charge < -0.3 is 4.74 Å². The highest BCUT2D eigenvalue weighted by Crippen LogP contribution is 2.23. The molecular weight excluding hydrogens is 313 g/mol. The molecule has 120 valence electrons. The van der Waals surface area contributed by atoms with Crippen molar-refractivity contribution in [3.8, 4) is 5.75 Å². The Bertz CT molecular complexity index is 897. The Morgan fingerprint density at radius 3 is 2.57 bits per heavy atom. The molecule has 0 radical (unpaired) electrons. The van der Waals surface area contributed by atoms with Gasteiger partial charge in [-0.2, -0.15) is 0 Å². The van der Waals surface area contributed by atoms with Gasteiger partial charge in [0.25, 0.3) is 0 Å². The fourth-order valence-electron chi connectivity index (χ4n) is 2.27. The van der Waals surface area contributed by atoms with Gasteiger partial charge in [-0.1, -0.05) is 12.1 Å². The minimum Gasteiger partial charge on any atom is -0.406 e. The van der Waals surface area contributed by atoms with E-state index in [1.54, 1.807) is 7.05 Å². The van der Waals surface area contributed by atoms with Crippen molar-refractivity contribution in [1.29, 1.82) is 0 Å². The Balaban J connectivity index is 1.91. The number of aromatic nitrogens is 4. The van der Waals surface area contributed by atoms with E-state index in [4.69, 9.17) is 0 Å². The lowest BCUT2D eigenvalue weighted by molar-refractivity contribution is -0.274. The number of hydrogen-bond acceptors (Lipinski definition) is 4. The van der Waals surface area contributed by atoms with Crippen molar-refractivity contribution < 1.29 is 17.9 Å². The van der Waals surface area contributed by atoms with E-state index in [1.165, 1.54) is 45.9 Å². The molecule has 6 nitrogen and oxygen atoms in total. The molecule has 9 heteroatoms. The molecule has 0 aliphatic carbocycles. The zero-order valence-corrected chi connectivity index (χ0v) is 11.9. The van der Waals surface area contributed by atoms with Crippen LogP contribution in [0.25, 0.3) is 11.2 Å². The van der Waals surface area contributed by atoms with E-state index in [0.29, 0.717) is 16.7 Å². The molecule has 3 aromatic rings. The van der Waals surface area contributed by atoms with E-state index in [1.807, 2.05) is 0 Å². The van der Waals surface area contributed by atoms with Gasteiger partial charge in [0, 0.05) is 7.05 Å². The maximum atomic E-state index is 12.2. The minimum atomic E-state index is -4.73. The molecule has 0 spiro atoms. The van der Waals surface area contributed by atoms with Crippen LogP contribution in [0.2, 0.25) is 0 Å². The van der Waals surface area contributed by atoms with Crippen molar-refractivity contribution in [3.05, 3.63) is 52.8 Å². The van der Waals surface area contributed by atoms with E-state index in [0.717, 1.165) is 0 Å². The number of halogens is 3. The van der Waals surface area contributed by atoms with E-state index in [-0.39, 0.29) is 18.0 Å². The highest BCUT2D eigenvalue weighted by molar-refractivity contribution is 5.70. The predicted molar refractivity (Wildman–Crippen MR) is 75.0 cm³/mol. The first-order valence-corrected chi connectivity index (χ1v) is 6.55. The summed E-state index contributed by atoms with van der Waals surface area (Å²) in [4.78, 5) is 20.2. The van der Waals surface area contributed by atoms with Gasteiger partial charge in [0.1, 0.15) is 17.6 Å². The number of alkyl halides is 3. The second kappa shape index (κ2) is 5.41. The van der Waals surface area contributed by atoms with Gasteiger partial charge in [0.15, 0.2) is 5.65 Å². The molecule has 2 aromatic heterocycles. The van der Waals surface area contributed by atoms with Crippen molar-refractivity contribution in [1.82, 2.24) is 19.1 Å². The summed E-state index contributed by atoms with van der Waals surface area (Å²) in [5.41, 5.74) is 1.41. The Morgan fingerprint density at radius 2 is 1.91 bits per heavy atom. The Labute approximate surface area is 127 Å². The molecule has 1 aromatic carbocycles. The maximum absolute atomic E-state index is 12.2. The number of fused-ring (bicyclic) bond motifs is 1. The number of nitrogens with zero attached hydrogens (tertiary/aromatic N) is 4. The quantitative estimate of drug-likeness (QED) is 0.740. The van der Waals surface area contributed by atoms with Gasteiger partial charge >= 0.3 is 12.1 Å². The molecule has 0 saturated heterocycles. The van der Waals surface area contributed by atoms with E-state index in [2.05, 4.69) is 14.7 Å². The number of hydrogen-bond donors (Lipinski definition) is 0. The lowest BCUT2D eigenvalue weighted by Gasteiger charge is -2.09. The summed E-state index contributed by atoms with van der Waals surface area (Å²) in [6.45, 7) is 0.190. The average Bonchev–Trinajstić information content (AvgIpc) is 2.73.